The normalized spacial score (nSPS) is 20.3. The monoisotopic (exact) mass is 277 g/mol. The van der Waals surface area contributed by atoms with Gasteiger partial charge in [-0.25, -0.2) is 0 Å². The van der Waals surface area contributed by atoms with Gasteiger partial charge in [0.1, 0.15) is 5.92 Å². The molecule has 20 heavy (non-hydrogen) atoms. The molecule has 108 valence electrons. The second-order valence-corrected chi connectivity index (χ2v) is 5.06. The van der Waals surface area contributed by atoms with E-state index in [0.717, 1.165) is 17.8 Å². The van der Waals surface area contributed by atoms with Crippen LogP contribution in [0.5, 0.6) is 0 Å². The van der Waals surface area contributed by atoms with Crippen molar-refractivity contribution in [3.63, 3.8) is 0 Å². The third-order valence-corrected chi connectivity index (χ3v) is 3.69. The minimum atomic E-state index is -0.691. The lowest BCUT2D eigenvalue weighted by Gasteiger charge is -2.20. The van der Waals surface area contributed by atoms with Crippen LogP contribution in [0, 0.1) is 16.0 Å². The predicted octanol–water partition coefficient (Wildman–Crippen LogP) is 1.42. The zero-order valence-corrected chi connectivity index (χ0v) is 11.7. The number of rotatable bonds is 6. The van der Waals surface area contributed by atoms with E-state index < -0.39 is 12.0 Å². The fourth-order valence-electron chi connectivity index (χ4n) is 2.21. The van der Waals surface area contributed by atoms with Crippen molar-refractivity contribution in [1.29, 1.82) is 0 Å². The number of carbonyl (C=O) groups excluding carboxylic acids is 1. The maximum Gasteiger partial charge on any atom is 0.230 e. The van der Waals surface area contributed by atoms with Crippen LogP contribution < -0.4 is 10.2 Å². The Labute approximate surface area is 117 Å². The molecule has 0 radical (unpaired) electrons. The van der Waals surface area contributed by atoms with E-state index in [1.54, 1.807) is 0 Å². The largest absolute Gasteiger partial charge is 0.375 e. The first kappa shape index (κ1) is 14.3. The van der Waals surface area contributed by atoms with Gasteiger partial charge in [-0.05, 0) is 18.6 Å². The average Bonchev–Trinajstić information content (AvgIpc) is 3.25. The van der Waals surface area contributed by atoms with Crippen LogP contribution in [-0.2, 0) is 11.3 Å². The molecule has 2 atom stereocenters. The summed E-state index contributed by atoms with van der Waals surface area (Å²) in [5.74, 6) is -0.679. The van der Waals surface area contributed by atoms with Crippen molar-refractivity contribution in [2.24, 2.45) is 5.92 Å². The van der Waals surface area contributed by atoms with Crippen LogP contribution in [0.1, 0.15) is 18.9 Å². The minimum absolute atomic E-state index is 0.222. The van der Waals surface area contributed by atoms with Crippen LogP contribution in [0.3, 0.4) is 0 Å². The highest BCUT2D eigenvalue weighted by Crippen LogP contribution is 2.33. The number of hydrogen-bond acceptors (Lipinski definition) is 4. The van der Waals surface area contributed by atoms with Gasteiger partial charge in [-0.2, -0.15) is 0 Å². The highest BCUT2D eigenvalue weighted by atomic mass is 16.6. The van der Waals surface area contributed by atoms with Crippen LogP contribution in [0.2, 0.25) is 0 Å². The van der Waals surface area contributed by atoms with E-state index in [-0.39, 0.29) is 10.8 Å². The Morgan fingerprint density at radius 1 is 1.50 bits per heavy atom. The van der Waals surface area contributed by atoms with Gasteiger partial charge in [0.15, 0.2) is 0 Å². The van der Waals surface area contributed by atoms with Gasteiger partial charge in [0.05, 0.1) is 0 Å². The Hall–Kier alpha value is -2.11. The molecule has 1 amide bonds. The molecule has 1 saturated carbocycles. The van der Waals surface area contributed by atoms with Crippen molar-refractivity contribution < 1.29 is 9.72 Å². The fourth-order valence-corrected chi connectivity index (χ4v) is 2.21. The summed E-state index contributed by atoms with van der Waals surface area (Å²) in [7, 11) is 1.99. The van der Waals surface area contributed by atoms with E-state index in [0.29, 0.717) is 13.0 Å². The smallest absolute Gasteiger partial charge is 0.230 e. The number of nitrogens with zero attached hydrogens (tertiary/aromatic N) is 2. The standard InChI is InChI=1S/C14H19N3O3/c1-3-16(2)12-7-5-4-6-10(12)9-15-14(18)11-8-13(11)17(19)20/h4-7,11,13H,3,8-9H2,1-2H3,(H,15,18)/t11-,13-/m1/s1. The Bertz CT molecular complexity index is 518. The molecule has 1 aliphatic carbocycles. The summed E-state index contributed by atoms with van der Waals surface area (Å²) >= 11 is 0. The van der Waals surface area contributed by atoms with E-state index in [1.807, 2.05) is 31.3 Å². The molecule has 1 aromatic carbocycles. The summed E-state index contributed by atoms with van der Waals surface area (Å²) in [5.41, 5.74) is 2.08. The molecule has 0 unspecified atom stereocenters. The van der Waals surface area contributed by atoms with Gasteiger partial charge >= 0.3 is 0 Å². The lowest BCUT2D eigenvalue weighted by atomic mass is 10.1. The number of para-hydroxylation sites is 1. The van der Waals surface area contributed by atoms with E-state index in [2.05, 4.69) is 17.1 Å². The van der Waals surface area contributed by atoms with Gasteiger partial charge in [-0.3, -0.25) is 14.9 Å². The molecular formula is C14H19N3O3. The fraction of sp³-hybridized carbons (Fsp3) is 0.500. The number of benzene rings is 1. The zero-order valence-electron chi connectivity index (χ0n) is 11.7. The molecule has 6 nitrogen and oxygen atoms in total. The number of nitro groups is 1. The summed E-state index contributed by atoms with van der Waals surface area (Å²) in [6.07, 6.45) is 0.356. The van der Waals surface area contributed by atoms with Crippen molar-refractivity contribution >= 4 is 11.6 Å². The molecule has 1 aliphatic rings. The van der Waals surface area contributed by atoms with E-state index in [1.165, 1.54) is 0 Å². The third-order valence-electron chi connectivity index (χ3n) is 3.69. The minimum Gasteiger partial charge on any atom is -0.375 e. The lowest BCUT2D eigenvalue weighted by Crippen LogP contribution is -2.28. The highest BCUT2D eigenvalue weighted by molar-refractivity contribution is 5.82. The van der Waals surface area contributed by atoms with Gasteiger partial charge in [0.2, 0.25) is 11.9 Å². The maximum atomic E-state index is 11.8. The Morgan fingerprint density at radius 2 is 2.20 bits per heavy atom. The molecule has 0 heterocycles. The molecule has 0 saturated heterocycles. The number of nitrogens with one attached hydrogen (secondary N) is 1. The molecule has 0 aliphatic heterocycles. The van der Waals surface area contributed by atoms with Gasteiger partial charge in [0.25, 0.3) is 0 Å². The van der Waals surface area contributed by atoms with E-state index in [4.69, 9.17) is 0 Å². The second-order valence-electron chi connectivity index (χ2n) is 5.06. The van der Waals surface area contributed by atoms with Crippen molar-refractivity contribution in [2.45, 2.75) is 25.9 Å². The first-order chi connectivity index (χ1) is 9.54. The molecule has 1 fully saturated rings. The van der Waals surface area contributed by atoms with Crippen LogP contribution in [0.4, 0.5) is 5.69 Å². The number of amides is 1. The van der Waals surface area contributed by atoms with Gasteiger partial charge in [-0.1, -0.05) is 18.2 Å². The average molecular weight is 277 g/mol. The number of hydrogen-bond donors (Lipinski definition) is 1. The third kappa shape index (κ3) is 3.07. The Morgan fingerprint density at radius 3 is 2.80 bits per heavy atom. The topological polar surface area (TPSA) is 75.5 Å². The Kier molecular flexibility index (Phi) is 4.22. The summed E-state index contributed by atoms with van der Waals surface area (Å²) in [5, 5.41) is 13.3. The summed E-state index contributed by atoms with van der Waals surface area (Å²) in [6, 6.07) is 7.15. The summed E-state index contributed by atoms with van der Waals surface area (Å²) < 4.78 is 0. The summed E-state index contributed by atoms with van der Waals surface area (Å²) in [6.45, 7) is 3.33. The highest BCUT2D eigenvalue weighted by Gasteiger charge is 2.53. The van der Waals surface area contributed by atoms with Gasteiger partial charge in [-0.15, -0.1) is 0 Å². The Balaban J connectivity index is 1.95. The maximum absolute atomic E-state index is 11.8. The summed E-state index contributed by atoms with van der Waals surface area (Å²) in [4.78, 5) is 24.1. The molecular weight excluding hydrogens is 258 g/mol. The van der Waals surface area contributed by atoms with Crippen molar-refractivity contribution in [2.75, 3.05) is 18.5 Å². The quantitative estimate of drug-likeness (QED) is 0.630. The van der Waals surface area contributed by atoms with Gasteiger partial charge in [0, 0.05) is 37.2 Å². The van der Waals surface area contributed by atoms with Crippen LogP contribution >= 0.6 is 0 Å². The van der Waals surface area contributed by atoms with E-state index >= 15 is 0 Å². The first-order valence-electron chi connectivity index (χ1n) is 6.74. The second kappa shape index (κ2) is 5.90. The molecule has 1 N–H and O–H groups in total. The molecule has 1 aromatic rings. The zero-order chi connectivity index (χ0) is 14.7. The first-order valence-corrected chi connectivity index (χ1v) is 6.74. The molecule has 0 aromatic heterocycles. The van der Waals surface area contributed by atoms with Crippen LogP contribution in [0.25, 0.3) is 0 Å². The van der Waals surface area contributed by atoms with Gasteiger partial charge < -0.3 is 10.2 Å². The number of anilines is 1. The van der Waals surface area contributed by atoms with Crippen molar-refractivity contribution in [3.05, 3.63) is 39.9 Å². The van der Waals surface area contributed by atoms with Crippen molar-refractivity contribution in [3.8, 4) is 0 Å². The number of carbonyl (C=O) groups is 1. The molecule has 2 rings (SSSR count). The molecule has 0 bridgehead atoms. The van der Waals surface area contributed by atoms with Crippen molar-refractivity contribution in [1.82, 2.24) is 5.32 Å². The lowest BCUT2D eigenvalue weighted by molar-refractivity contribution is -0.497. The van der Waals surface area contributed by atoms with Crippen LogP contribution in [-0.4, -0.2) is 30.5 Å². The van der Waals surface area contributed by atoms with Crippen LogP contribution in [0.15, 0.2) is 24.3 Å². The SMILES string of the molecule is CCN(C)c1ccccc1CNC(=O)[C@@H]1C[C@H]1[N+](=O)[O-]. The molecule has 0 spiro atoms. The predicted molar refractivity (Wildman–Crippen MR) is 76.1 cm³/mol. The van der Waals surface area contributed by atoms with E-state index in [9.17, 15) is 14.9 Å². The molecule has 6 heteroatoms.